The van der Waals surface area contributed by atoms with E-state index in [1.807, 2.05) is 0 Å². The number of ether oxygens (including phenoxy) is 2. The predicted molar refractivity (Wildman–Crippen MR) is 133 cm³/mol. The number of carboxylic acid groups (broad SMARTS) is 1. The van der Waals surface area contributed by atoms with Crippen LogP contribution in [0, 0.1) is 0 Å². The highest BCUT2D eigenvalue weighted by molar-refractivity contribution is 6.42. The average Bonchev–Trinajstić information content (AvgIpc) is 3.42. The number of hydrogen-bond donors (Lipinski definition) is 1. The van der Waals surface area contributed by atoms with E-state index in [0.717, 1.165) is 6.08 Å². The number of nitrogens with zero attached hydrogens (tertiary/aromatic N) is 3. The van der Waals surface area contributed by atoms with Crippen molar-refractivity contribution in [2.24, 2.45) is 0 Å². The van der Waals surface area contributed by atoms with E-state index in [4.69, 9.17) is 53.9 Å². The zero-order valence-corrected chi connectivity index (χ0v) is 20.8. The van der Waals surface area contributed by atoms with E-state index in [1.54, 1.807) is 12.1 Å². The van der Waals surface area contributed by atoms with Gasteiger partial charge in [-0.2, -0.15) is 0 Å². The Morgan fingerprint density at radius 1 is 1.19 bits per heavy atom. The van der Waals surface area contributed by atoms with Crippen molar-refractivity contribution in [1.82, 2.24) is 14.7 Å². The molecule has 0 saturated carbocycles. The zero-order chi connectivity index (χ0) is 25.6. The molecule has 0 bridgehead atoms. The van der Waals surface area contributed by atoms with Crippen LogP contribution in [0.5, 0.6) is 0 Å². The SMILES string of the molecule is COC1(c2onc(-c3c(Cl)cc(Cl)cc3Cl)c2C(=O)n2ccc3c(/C=C/C(=O)O)ccnc32)COC1. The number of hydrogen-bond acceptors (Lipinski definition) is 7. The minimum absolute atomic E-state index is 0.0667. The van der Waals surface area contributed by atoms with E-state index in [1.165, 1.54) is 42.3 Å². The second-order valence-corrected chi connectivity index (χ2v) is 9.22. The normalized spacial score (nSPS) is 14.9. The lowest BCUT2D eigenvalue weighted by Crippen LogP contribution is -2.49. The van der Waals surface area contributed by atoms with Gasteiger partial charge in [0.2, 0.25) is 0 Å². The van der Waals surface area contributed by atoms with Crippen LogP contribution in [0.25, 0.3) is 28.4 Å². The van der Waals surface area contributed by atoms with Gasteiger partial charge in [-0.05, 0) is 35.9 Å². The number of fused-ring (bicyclic) bond motifs is 1. The molecule has 184 valence electrons. The minimum Gasteiger partial charge on any atom is -0.478 e. The summed E-state index contributed by atoms with van der Waals surface area (Å²) in [6, 6.07) is 6.28. The van der Waals surface area contributed by atoms with Crippen molar-refractivity contribution >= 4 is 63.8 Å². The Balaban J connectivity index is 1.72. The summed E-state index contributed by atoms with van der Waals surface area (Å²) in [5.74, 6) is -1.48. The number of aliphatic carboxylic acids is 1. The van der Waals surface area contributed by atoms with Gasteiger partial charge in [0, 0.05) is 41.6 Å². The molecule has 1 aromatic carbocycles. The van der Waals surface area contributed by atoms with Crippen LogP contribution in [-0.4, -0.2) is 52.0 Å². The second-order valence-electron chi connectivity index (χ2n) is 7.97. The first-order valence-corrected chi connectivity index (χ1v) is 11.6. The molecule has 9 nitrogen and oxygen atoms in total. The van der Waals surface area contributed by atoms with Gasteiger partial charge in [-0.3, -0.25) is 9.36 Å². The summed E-state index contributed by atoms with van der Waals surface area (Å²) in [5.41, 5.74) is 0.278. The van der Waals surface area contributed by atoms with E-state index in [-0.39, 0.29) is 45.8 Å². The molecule has 1 saturated heterocycles. The number of carbonyl (C=O) groups is 2. The number of aromatic nitrogens is 3. The summed E-state index contributed by atoms with van der Waals surface area (Å²) in [5, 5.41) is 14.4. The second kappa shape index (κ2) is 9.34. The molecule has 0 amide bonds. The van der Waals surface area contributed by atoms with Crippen molar-refractivity contribution in [2.45, 2.75) is 5.60 Å². The molecule has 3 aromatic heterocycles. The van der Waals surface area contributed by atoms with Gasteiger partial charge >= 0.3 is 5.97 Å². The lowest BCUT2D eigenvalue weighted by Gasteiger charge is -2.38. The van der Waals surface area contributed by atoms with Crippen LogP contribution in [0.2, 0.25) is 15.1 Å². The number of benzene rings is 1. The third-order valence-electron chi connectivity index (χ3n) is 5.87. The largest absolute Gasteiger partial charge is 0.478 e. The number of carbonyl (C=O) groups excluding carboxylic acids is 1. The topological polar surface area (TPSA) is 117 Å². The fourth-order valence-corrected chi connectivity index (χ4v) is 5.01. The fraction of sp³-hybridized carbons (Fsp3) is 0.167. The van der Waals surface area contributed by atoms with Crippen molar-refractivity contribution in [1.29, 1.82) is 0 Å². The average molecular weight is 549 g/mol. The van der Waals surface area contributed by atoms with Crippen molar-refractivity contribution in [3.8, 4) is 11.3 Å². The summed E-state index contributed by atoms with van der Waals surface area (Å²) in [6.45, 7) is 0.296. The van der Waals surface area contributed by atoms with E-state index >= 15 is 0 Å². The Bertz CT molecular complexity index is 1530. The third-order valence-corrected chi connectivity index (χ3v) is 6.68. The van der Waals surface area contributed by atoms with Crippen LogP contribution in [0.4, 0.5) is 0 Å². The fourth-order valence-electron chi connectivity index (χ4n) is 4.02. The van der Waals surface area contributed by atoms with Crippen molar-refractivity contribution in [2.75, 3.05) is 20.3 Å². The number of pyridine rings is 1. The van der Waals surface area contributed by atoms with Gasteiger partial charge in [0.1, 0.15) is 16.9 Å². The van der Waals surface area contributed by atoms with Crippen LogP contribution in [0.1, 0.15) is 21.7 Å². The van der Waals surface area contributed by atoms with Crippen molar-refractivity contribution in [3.05, 3.63) is 74.7 Å². The molecule has 1 aliphatic heterocycles. The van der Waals surface area contributed by atoms with E-state index in [2.05, 4.69) is 10.1 Å². The maximum absolute atomic E-state index is 14.1. The molecule has 0 radical (unpaired) electrons. The Labute approximate surface area is 218 Å². The Kier molecular flexibility index (Phi) is 6.36. The minimum atomic E-state index is -1.10. The maximum Gasteiger partial charge on any atom is 0.328 e. The molecule has 36 heavy (non-hydrogen) atoms. The van der Waals surface area contributed by atoms with E-state index in [0.29, 0.717) is 21.6 Å². The molecular weight excluding hydrogens is 533 g/mol. The summed E-state index contributed by atoms with van der Waals surface area (Å²) < 4.78 is 18.0. The molecular formula is C24H16Cl3N3O6. The lowest BCUT2D eigenvalue weighted by atomic mass is 9.92. The molecule has 0 unspecified atom stereocenters. The molecule has 4 aromatic rings. The number of rotatable bonds is 6. The van der Waals surface area contributed by atoms with Crippen LogP contribution >= 0.6 is 34.8 Å². The quantitative estimate of drug-likeness (QED) is 0.322. The molecule has 5 rings (SSSR count). The molecule has 1 fully saturated rings. The molecule has 1 aliphatic rings. The zero-order valence-electron chi connectivity index (χ0n) is 18.5. The predicted octanol–water partition coefficient (Wildman–Crippen LogP) is 5.31. The highest BCUT2D eigenvalue weighted by Gasteiger charge is 2.49. The highest BCUT2D eigenvalue weighted by Crippen LogP contribution is 2.44. The molecule has 0 aliphatic carbocycles. The van der Waals surface area contributed by atoms with Crippen molar-refractivity contribution in [3.63, 3.8) is 0 Å². The van der Waals surface area contributed by atoms with Crippen molar-refractivity contribution < 1.29 is 28.7 Å². The van der Waals surface area contributed by atoms with Gasteiger partial charge in [0.15, 0.2) is 11.4 Å². The number of carboxylic acids is 1. The Hall–Kier alpha value is -3.21. The molecule has 1 N–H and O–H groups in total. The smallest absolute Gasteiger partial charge is 0.328 e. The Morgan fingerprint density at radius 2 is 1.92 bits per heavy atom. The van der Waals surface area contributed by atoms with Gasteiger partial charge in [-0.1, -0.05) is 40.0 Å². The molecule has 12 heteroatoms. The molecule has 0 spiro atoms. The third kappa shape index (κ3) is 3.99. The van der Waals surface area contributed by atoms with E-state index in [9.17, 15) is 9.59 Å². The highest BCUT2D eigenvalue weighted by atomic mass is 35.5. The van der Waals surface area contributed by atoms with Gasteiger partial charge in [0.05, 0.1) is 23.3 Å². The lowest BCUT2D eigenvalue weighted by molar-refractivity contribution is -0.213. The van der Waals surface area contributed by atoms with Crippen LogP contribution in [-0.2, 0) is 19.9 Å². The standard InChI is InChI=1S/C24H16Cl3N3O6/c1-34-24(10-35-11-24)21-19(20(29-36-21)18-15(26)8-13(25)9-16(18)27)23(33)30-7-5-14-12(2-3-17(31)32)4-6-28-22(14)30/h2-9H,10-11H2,1H3,(H,31,32)/b3-2+. The maximum atomic E-state index is 14.1. The molecule has 4 heterocycles. The first kappa shape index (κ1) is 24.5. The summed E-state index contributed by atoms with van der Waals surface area (Å²) in [4.78, 5) is 29.4. The Morgan fingerprint density at radius 3 is 2.53 bits per heavy atom. The number of methoxy groups -OCH3 is 1. The number of halogens is 3. The van der Waals surface area contributed by atoms with Crippen LogP contribution < -0.4 is 0 Å². The summed E-state index contributed by atoms with van der Waals surface area (Å²) in [6.07, 6.45) is 5.44. The van der Waals surface area contributed by atoms with E-state index < -0.39 is 17.5 Å². The first-order chi connectivity index (χ1) is 17.3. The molecule has 0 atom stereocenters. The van der Waals surface area contributed by atoms with Gasteiger partial charge in [-0.15, -0.1) is 0 Å². The summed E-state index contributed by atoms with van der Waals surface area (Å²) in [7, 11) is 1.48. The van der Waals surface area contributed by atoms with Crippen LogP contribution in [0.15, 0.2) is 47.3 Å². The van der Waals surface area contributed by atoms with Gasteiger partial charge in [-0.25, -0.2) is 9.78 Å². The van der Waals surface area contributed by atoms with Crippen LogP contribution in [0.3, 0.4) is 0 Å². The first-order valence-electron chi connectivity index (χ1n) is 10.5. The summed E-state index contributed by atoms with van der Waals surface area (Å²) >= 11 is 19.0. The van der Waals surface area contributed by atoms with Gasteiger partial charge in [0.25, 0.3) is 5.91 Å². The van der Waals surface area contributed by atoms with Gasteiger partial charge < -0.3 is 19.1 Å². The monoisotopic (exact) mass is 547 g/mol.